The molecule has 0 aliphatic carbocycles. The summed E-state index contributed by atoms with van der Waals surface area (Å²) in [7, 11) is 1.27. The van der Waals surface area contributed by atoms with Gasteiger partial charge in [-0.25, -0.2) is 13.8 Å². The number of nitrogens with one attached hydrogen (secondary N) is 2. The molecule has 1 amide bonds. The molecule has 2 aromatic heterocycles. The van der Waals surface area contributed by atoms with Crippen LogP contribution in [-0.4, -0.2) is 46.3 Å². The topological polar surface area (TPSA) is 102 Å². The summed E-state index contributed by atoms with van der Waals surface area (Å²) >= 11 is -0.370. The van der Waals surface area contributed by atoms with Gasteiger partial charge in [-0.15, -0.1) is 5.10 Å². The molecule has 0 saturated carbocycles. The first-order valence-corrected chi connectivity index (χ1v) is 10.1. The lowest BCUT2D eigenvalue weighted by molar-refractivity contribution is -0.119. The predicted molar refractivity (Wildman–Crippen MR) is 106 cm³/mol. The number of pyridine rings is 1. The van der Waals surface area contributed by atoms with Crippen molar-refractivity contribution in [2.75, 3.05) is 19.0 Å². The number of hydrogen-bond donors (Lipinski definition) is 2. The van der Waals surface area contributed by atoms with Gasteiger partial charge in [0, 0.05) is 48.1 Å². The molecule has 0 radical (unpaired) electrons. The van der Waals surface area contributed by atoms with Gasteiger partial charge in [0.1, 0.15) is 28.5 Å². The molecule has 174 valence electrons. The Labute approximate surface area is 186 Å². The number of ether oxygens (including phenoxy) is 1. The molecule has 0 spiro atoms. The molecule has 1 fully saturated rings. The van der Waals surface area contributed by atoms with Crippen LogP contribution in [0.4, 0.5) is 28.0 Å². The van der Waals surface area contributed by atoms with Crippen LogP contribution in [0.15, 0.2) is 39.9 Å². The van der Waals surface area contributed by atoms with Gasteiger partial charge < -0.3 is 19.8 Å². The van der Waals surface area contributed by atoms with Crippen LogP contribution in [0.5, 0.6) is 5.75 Å². The van der Waals surface area contributed by atoms with Crippen LogP contribution >= 0.6 is 11.8 Å². The van der Waals surface area contributed by atoms with Crippen molar-refractivity contribution >= 4 is 23.7 Å². The van der Waals surface area contributed by atoms with Gasteiger partial charge in [0.25, 0.3) is 5.89 Å². The van der Waals surface area contributed by atoms with E-state index in [0.29, 0.717) is 0 Å². The van der Waals surface area contributed by atoms with Gasteiger partial charge in [-0.2, -0.15) is 13.2 Å². The molecule has 3 heterocycles. The average Bonchev–Trinajstić information content (AvgIpc) is 3.35. The van der Waals surface area contributed by atoms with Crippen LogP contribution in [0, 0.1) is 11.6 Å². The molecule has 1 unspecified atom stereocenters. The molecule has 3 aromatic rings. The molecule has 2 N–H and O–H groups in total. The molecule has 1 aliphatic rings. The summed E-state index contributed by atoms with van der Waals surface area (Å²) in [6, 6.07) is 3.12. The Balaban J connectivity index is 1.53. The van der Waals surface area contributed by atoms with Crippen molar-refractivity contribution in [3.63, 3.8) is 0 Å². The monoisotopic (exact) mass is 487 g/mol. The minimum absolute atomic E-state index is 0.00894. The summed E-state index contributed by atoms with van der Waals surface area (Å²) < 4.78 is 76.6. The van der Waals surface area contributed by atoms with E-state index in [1.807, 2.05) is 0 Å². The number of aromatic nitrogens is 3. The number of hydrogen-bond acceptors (Lipinski definition) is 8. The molecule has 2 atom stereocenters. The maximum absolute atomic E-state index is 14.5. The minimum Gasteiger partial charge on any atom is -0.497 e. The number of alkyl halides is 3. The quantitative estimate of drug-likeness (QED) is 0.401. The van der Waals surface area contributed by atoms with Crippen LogP contribution in [0.25, 0.3) is 11.5 Å². The van der Waals surface area contributed by atoms with E-state index < -0.39 is 35.0 Å². The van der Waals surface area contributed by atoms with E-state index in [4.69, 9.17) is 9.15 Å². The Kier molecular flexibility index (Phi) is 6.10. The van der Waals surface area contributed by atoms with E-state index in [-0.39, 0.29) is 52.1 Å². The second-order valence-corrected chi connectivity index (χ2v) is 7.91. The SMILES string of the molecule is COc1cc(F)c(C2CNC(=O)[C@@H]2Nc2nnc(-c3ccc(SC(F)(F)F)nc3)o2)c(F)c1. The van der Waals surface area contributed by atoms with E-state index in [9.17, 15) is 26.7 Å². The maximum atomic E-state index is 14.5. The zero-order chi connectivity index (χ0) is 23.8. The smallest absolute Gasteiger partial charge is 0.447 e. The standard InChI is InChI=1S/C19H14F5N5O3S/c1-31-9-4-11(20)14(12(21)5-9)10-7-26-16(30)15(10)27-18-29-28-17(32-18)8-2-3-13(25-6-8)33-19(22,23)24/h2-6,10,15H,7H2,1H3,(H,26,30)(H,27,29)/t10?,15-/m1/s1. The number of rotatable bonds is 6. The van der Waals surface area contributed by atoms with Crippen molar-refractivity contribution in [1.82, 2.24) is 20.5 Å². The number of halogens is 5. The first kappa shape index (κ1) is 22.8. The molecular weight excluding hydrogens is 473 g/mol. The van der Waals surface area contributed by atoms with Gasteiger partial charge in [0.2, 0.25) is 5.91 Å². The van der Waals surface area contributed by atoms with Crippen LogP contribution in [0.2, 0.25) is 0 Å². The molecule has 33 heavy (non-hydrogen) atoms. The number of nitrogens with zero attached hydrogens (tertiary/aromatic N) is 3. The van der Waals surface area contributed by atoms with Crippen molar-refractivity contribution in [1.29, 1.82) is 0 Å². The summed E-state index contributed by atoms with van der Waals surface area (Å²) in [4.78, 5) is 16.0. The van der Waals surface area contributed by atoms with E-state index >= 15 is 0 Å². The number of benzene rings is 1. The van der Waals surface area contributed by atoms with E-state index in [0.717, 1.165) is 24.4 Å². The highest BCUT2D eigenvalue weighted by Crippen LogP contribution is 2.36. The molecule has 4 rings (SSSR count). The van der Waals surface area contributed by atoms with Crippen molar-refractivity contribution in [3.05, 3.63) is 47.7 Å². The van der Waals surface area contributed by atoms with Crippen molar-refractivity contribution < 1.29 is 35.9 Å². The van der Waals surface area contributed by atoms with Gasteiger partial charge in [-0.1, -0.05) is 5.10 Å². The third-order valence-corrected chi connectivity index (χ3v) is 5.43. The summed E-state index contributed by atoms with van der Waals surface area (Å²) in [6.07, 6.45) is 1.12. The third kappa shape index (κ3) is 4.99. The Hall–Kier alpha value is -3.42. The number of carbonyl (C=O) groups excluding carboxylic acids is 1. The zero-order valence-electron chi connectivity index (χ0n) is 16.6. The molecule has 1 aromatic carbocycles. The molecule has 8 nitrogen and oxygen atoms in total. The van der Waals surface area contributed by atoms with Gasteiger partial charge in [0.05, 0.1) is 12.7 Å². The van der Waals surface area contributed by atoms with Crippen LogP contribution < -0.4 is 15.4 Å². The zero-order valence-corrected chi connectivity index (χ0v) is 17.4. The van der Waals surface area contributed by atoms with E-state index in [2.05, 4.69) is 25.8 Å². The van der Waals surface area contributed by atoms with Gasteiger partial charge in [-0.05, 0) is 12.1 Å². The molecular formula is C19H14F5N5O3S. The molecule has 14 heteroatoms. The number of carbonyl (C=O) groups is 1. The molecule has 0 bridgehead atoms. The summed E-state index contributed by atoms with van der Waals surface area (Å²) in [5, 5.41) is 12.4. The number of thioether (sulfide) groups is 1. The molecule has 1 aliphatic heterocycles. The first-order valence-electron chi connectivity index (χ1n) is 9.27. The second kappa shape index (κ2) is 8.84. The summed E-state index contributed by atoms with van der Waals surface area (Å²) in [5.41, 5.74) is -4.55. The van der Waals surface area contributed by atoms with Gasteiger partial charge in [0.15, 0.2) is 0 Å². The Bertz CT molecular complexity index is 1150. The minimum atomic E-state index is -4.47. The third-order valence-electron chi connectivity index (χ3n) is 4.75. The van der Waals surface area contributed by atoms with Crippen LogP contribution in [0.1, 0.15) is 11.5 Å². The van der Waals surface area contributed by atoms with E-state index in [1.54, 1.807) is 0 Å². The van der Waals surface area contributed by atoms with Crippen molar-refractivity contribution in [2.24, 2.45) is 0 Å². The lowest BCUT2D eigenvalue weighted by Crippen LogP contribution is -2.33. The summed E-state index contributed by atoms with van der Waals surface area (Å²) in [5.74, 6) is -3.32. The summed E-state index contributed by atoms with van der Waals surface area (Å²) in [6.45, 7) is -0.0417. The van der Waals surface area contributed by atoms with Gasteiger partial charge >= 0.3 is 11.5 Å². The fraction of sp³-hybridized carbons (Fsp3) is 0.263. The average molecular weight is 487 g/mol. The maximum Gasteiger partial charge on any atom is 0.447 e. The Morgan fingerprint density at radius 1 is 1.21 bits per heavy atom. The van der Waals surface area contributed by atoms with E-state index in [1.165, 1.54) is 13.2 Å². The highest BCUT2D eigenvalue weighted by atomic mass is 32.2. The second-order valence-electron chi connectivity index (χ2n) is 6.82. The number of methoxy groups -OCH3 is 1. The number of amides is 1. The number of anilines is 1. The van der Waals surface area contributed by atoms with Crippen LogP contribution in [0.3, 0.4) is 0 Å². The molecule has 1 saturated heterocycles. The largest absolute Gasteiger partial charge is 0.497 e. The fourth-order valence-electron chi connectivity index (χ4n) is 3.31. The Morgan fingerprint density at radius 2 is 1.94 bits per heavy atom. The van der Waals surface area contributed by atoms with Crippen LogP contribution in [-0.2, 0) is 4.79 Å². The lowest BCUT2D eigenvalue weighted by Gasteiger charge is -2.19. The van der Waals surface area contributed by atoms with Gasteiger partial charge in [-0.3, -0.25) is 4.79 Å². The first-order chi connectivity index (χ1) is 15.6. The fourth-order valence-corrected chi connectivity index (χ4v) is 3.78. The highest BCUT2D eigenvalue weighted by molar-refractivity contribution is 8.00. The lowest BCUT2D eigenvalue weighted by atomic mass is 9.93. The Morgan fingerprint density at radius 3 is 2.55 bits per heavy atom. The normalized spacial score (nSPS) is 18.3. The predicted octanol–water partition coefficient (Wildman–Crippen LogP) is 3.72. The highest BCUT2D eigenvalue weighted by Gasteiger charge is 2.40. The van der Waals surface area contributed by atoms with Crippen molar-refractivity contribution in [2.45, 2.75) is 22.5 Å². The van der Waals surface area contributed by atoms with Crippen molar-refractivity contribution in [3.8, 4) is 17.2 Å².